The van der Waals surface area contributed by atoms with Crippen molar-refractivity contribution in [1.29, 1.82) is 0 Å². The summed E-state index contributed by atoms with van der Waals surface area (Å²) in [5.74, 6) is -0.917. The minimum absolute atomic E-state index is 0.152. The van der Waals surface area contributed by atoms with Gasteiger partial charge in [0.25, 0.3) is 11.4 Å². The van der Waals surface area contributed by atoms with Crippen molar-refractivity contribution < 1.29 is 34.0 Å². The lowest BCUT2D eigenvalue weighted by Crippen LogP contribution is -2.43. The summed E-state index contributed by atoms with van der Waals surface area (Å²) in [5.41, 5.74) is 1.92. The van der Waals surface area contributed by atoms with Gasteiger partial charge in [0.15, 0.2) is 11.4 Å². The third-order valence-electron chi connectivity index (χ3n) is 6.40. The fourth-order valence-corrected chi connectivity index (χ4v) is 4.33. The second-order valence-electron chi connectivity index (χ2n) is 9.15. The van der Waals surface area contributed by atoms with E-state index in [1.165, 1.54) is 6.20 Å². The Balaban J connectivity index is 0.000000426. The van der Waals surface area contributed by atoms with Gasteiger partial charge in [-0.2, -0.15) is 10.1 Å². The van der Waals surface area contributed by atoms with Crippen molar-refractivity contribution in [2.24, 2.45) is 0 Å². The number of hydrogen-bond donors (Lipinski definition) is 3. The third-order valence-corrected chi connectivity index (χ3v) is 6.40. The summed E-state index contributed by atoms with van der Waals surface area (Å²) in [7, 11) is 1.56. The van der Waals surface area contributed by atoms with Crippen LogP contribution in [0.15, 0.2) is 41.3 Å². The normalized spacial score (nSPS) is 15.3. The molecule has 15 heteroatoms. The smallest absolute Gasteiger partial charge is 0.328 e. The highest BCUT2D eigenvalue weighted by molar-refractivity contribution is 5.89. The molecule has 0 aliphatic carbocycles. The number of aliphatic carboxylic acids is 2. The number of methoxy groups -OCH3 is 1. The molecule has 0 atom stereocenters. The maximum atomic E-state index is 12.4. The fraction of sp³-hybridized carbons (Fsp3) is 0.423. The van der Waals surface area contributed by atoms with Gasteiger partial charge in [0, 0.05) is 50.0 Å². The first-order chi connectivity index (χ1) is 19.8. The molecule has 15 nitrogen and oxygen atoms in total. The van der Waals surface area contributed by atoms with Crippen LogP contribution in [0.4, 0.5) is 0 Å². The number of aromatic nitrogens is 5. The van der Waals surface area contributed by atoms with Crippen LogP contribution >= 0.6 is 0 Å². The summed E-state index contributed by atoms with van der Waals surface area (Å²) >= 11 is 0. The molecule has 3 aromatic heterocycles. The van der Waals surface area contributed by atoms with E-state index in [1.807, 2.05) is 12.1 Å². The van der Waals surface area contributed by atoms with E-state index in [-0.39, 0.29) is 5.56 Å². The summed E-state index contributed by atoms with van der Waals surface area (Å²) in [6.45, 7) is 4.93. The molecule has 5 heterocycles. The minimum atomic E-state index is -1.26. The molecule has 1 saturated heterocycles. The van der Waals surface area contributed by atoms with Gasteiger partial charge in [-0.25, -0.2) is 14.6 Å². The minimum Gasteiger partial charge on any atom is -0.484 e. The number of fused-ring (bicyclic) bond motifs is 2. The molecule has 3 aromatic rings. The van der Waals surface area contributed by atoms with Crippen LogP contribution in [0.5, 0.6) is 17.5 Å². The van der Waals surface area contributed by atoms with E-state index < -0.39 is 11.9 Å². The van der Waals surface area contributed by atoms with Crippen LogP contribution in [0.25, 0.3) is 11.2 Å². The predicted octanol–water partition coefficient (Wildman–Crippen LogP) is 0.327. The van der Waals surface area contributed by atoms with Gasteiger partial charge in [-0.3, -0.25) is 9.36 Å². The zero-order valence-corrected chi connectivity index (χ0v) is 22.4. The van der Waals surface area contributed by atoms with Gasteiger partial charge >= 0.3 is 11.9 Å². The summed E-state index contributed by atoms with van der Waals surface area (Å²) in [6.07, 6.45) is 4.52. The highest BCUT2D eigenvalue weighted by Crippen LogP contribution is 2.26. The van der Waals surface area contributed by atoms with Crippen molar-refractivity contribution >= 4 is 23.1 Å². The zero-order valence-electron chi connectivity index (χ0n) is 22.4. The van der Waals surface area contributed by atoms with Crippen LogP contribution in [-0.2, 0) is 22.7 Å². The topological polar surface area (TPSA) is 191 Å². The van der Waals surface area contributed by atoms with Gasteiger partial charge in [0.1, 0.15) is 18.7 Å². The monoisotopic (exact) mass is 569 g/mol. The second-order valence-corrected chi connectivity index (χ2v) is 9.15. The summed E-state index contributed by atoms with van der Waals surface area (Å²) in [5, 5.41) is 27.5. The number of nitrogens with one attached hydrogen (secondary N) is 1. The summed E-state index contributed by atoms with van der Waals surface area (Å²) in [4.78, 5) is 42.5. The van der Waals surface area contributed by atoms with Gasteiger partial charge in [-0.1, -0.05) is 0 Å². The number of carbonyl (C=O) groups is 2. The average Bonchev–Trinajstić information content (AvgIpc) is 2.99. The van der Waals surface area contributed by atoms with Gasteiger partial charge in [-0.15, -0.1) is 5.10 Å². The number of rotatable bonds is 9. The Morgan fingerprint density at radius 3 is 2.54 bits per heavy atom. The van der Waals surface area contributed by atoms with Crippen molar-refractivity contribution in [2.75, 3.05) is 40.0 Å². The Bertz CT molecular complexity index is 1440. The maximum Gasteiger partial charge on any atom is 0.328 e. The van der Waals surface area contributed by atoms with Crippen LogP contribution < -0.4 is 25.1 Å². The number of carboxylic acid groups (broad SMARTS) is 2. The quantitative estimate of drug-likeness (QED) is 0.299. The van der Waals surface area contributed by atoms with E-state index in [4.69, 9.17) is 24.4 Å². The molecule has 0 spiro atoms. The highest BCUT2D eigenvalue weighted by Gasteiger charge is 2.20. The van der Waals surface area contributed by atoms with E-state index in [0.717, 1.165) is 38.2 Å². The molecule has 3 N–H and O–H groups in total. The molecule has 0 unspecified atom stereocenters. The first-order valence-electron chi connectivity index (χ1n) is 12.9. The van der Waals surface area contributed by atoms with Crippen molar-refractivity contribution in [1.82, 2.24) is 34.9 Å². The third kappa shape index (κ3) is 8.43. The van der Waals surface area contributed by atoms with Gasteiger partial charge in [-0.05, 0) is 32.0 Å². The van der Waals surface area contributed by atoms with Crippen LogP contribution in [0.1, 0.15) is 18.5 Å². The lowest BCUT2D eigenvalue weighted by atomic mass is 10.0. The molecule has 2 aliphatic rings. The maximum absolute atomic E-state index is 12.4. The number of pyridine rings is 1. The largest absolute Gasteiger partial charge is 0.484 e. The van der Waals surface area contributed by atoms with Crippen molar-refractivity contribution in [3.8, 4) is 17.5 Å². The zero-order chi connectivity index (χ0) is 29.2. The Hall–Kier alpha value is -4.63. The Labute approximate surface area is 234 Å². The molecule has 1 fully saturated rings. The second kappa shape index (κ2) is 14.1. The van der Waals surface area contributed by atoms with Crippen molar-refractivity contribution in [3.63, 3.8) is 0 Å². The van der Waals surface area contributed by atoms with Crippen LogP contribution in [0.2, 0.25) is 0 Å². The van der Waals surface area contributed by atoms with E-state index in [0.29, 0.717) is 73.2 Å². The van der Waals surface area contributed by atoms with E-state index in [2.05, 4.69) is 30.4 Å². The Kier molecular flexibility index (Phi) is 10.1. The van der Waals surface area contributed by atoms with E-state index >= 15 is 0 Å². The first kappa shape index (κ1) is 29.4. The van der Waals surface area contributed by atoms with Gasteiger partial charge in [0.05, 0.1) is 19.0 Å². The molecular weight excluding hydrogens is 538 g/mol. The first-order valence-corrected chi connectivity index (χ1v) is 12.9. The number of piperidine rings is 1. The van der Waals surface area contributed by atoms with Crippen LogP contribution in [0, 0.1) is 0 Å². The molecule has 0 radical (unpaired) electrons. The van der Waals surface area contributed by atoms with Crippen molar-refractivity contribution in [2.45, 2.75) is 32.0 Å². The number of likely N-dealkylation sites (tertiary alicyclic amines) is 1. The molecule has 5 rings (SSSR count). The molecule has 0 bridgehead atoms. The molecule has 0 amide bonds. The lowest BCUT2D eigenvalue weighted by Gasteiger charge is -2.32. The predicted molar refractivity (Wildman–Crippen MR) is 144 cm³/mol. The molecule has 0 saturated carbocycles. The summed E-state index contributed by atoms with van der Waals surface area (Å²) in [6, 6.07) is 5.87. The molecular formula is C26H31N7O8. The Morgan fingerprint density at radius 2 is 1.83 bits per heavy atom. The van der Waals surface area contributed by atoms with Crippen LogP contribution in [-0.4, -0.2) is 97.8 Å². The molecule has 41 heavy (non-hydrogen) atoms. The molecule has 2 aliphatic heterocycles. The Morgan fingerprint density at radius 1 is 1.10 bits per heavy atom. The van der Waals surface area contributed by atoms with E-state index in [1.54, 1.807) is 17.7 Å². The summed E-state index contributed by atoms with van der Waals surface area (Å²) < 4.78 is 17.9. The van der Waals surface area contributed by atoms with Gasteiger partial charge in [0.2, 0.25) is 5.88 Å². The molecule has 218 valence electrons. The molecule has 0 aromatic carbocycles. The standard InChI is InChI=1S/C22H27N7O4.C4H4O4/c1-31-19-3-2-17-21(25-19)29(20(30)14-24-17)9-8-28-6-4-15(5-7-28)23-13-16-12-18-22(27-26-16)33-11-10-32-18;5-3(6)1-2-4(7)8/h2-3,12,14-15,23H,4-11,13H2,1H3;1-2H,(H,5,6)(H,7,8)/b;2-1+. The van der Waals surface area contributed by atoms with Crippen molar-refractivity contribution in [3.05, 3.63) is 52.6 Å². The number of carboxylic acids is 2. The van der Waals surface area contributed by atoms with Gasteiger partial charge < -0.3 is 34.6 Å². The SMILES string of the molecule is COc1ccc2ncc(=O)n(CCN3CCC(NCc4cc5c(nn4)OCCO5)CC3)c2n1.O=C(O)/C=C/C(=O)O. The highest BCUT2D eigenvalue weighted by atomic mass is 16.6. The average molecular weight is 570 g/mol. The van der Waals surface area contributed by atoms with Crippen LogP contribution in [0.3, 0.4) is 0 Å². The number of ether oxygens (including phenoxy) is 3. The van der Waals surface area contributed by atoms with E-state index in [9.17, 15) is 14.4 Å². The lowest BCUT2D eigenvalue weighted by molar-refractivity contribution is -0.134. The number of nitrogens with zero attached hydrogens (tertiary/aromatic N) is 6. The fourth-order valence-electron chi connectivity index (χ4n) is 4.33. The number of hydrogen-bond acceptors (Lipinski definition) is 12.